The summed E-state index contributed by atoms with van der Waals surface area (Å²) in [7, 11) is 0. The standard InChI is InChI=1S/C14H26N2O3/c17-13-5-3-1-2-4-12(13)15-7-6-14(18)16-8-10-19-11-9-16/h12-13,15,17H,1-11H2. The molecule has 1 saturated carbocycles. The molecule has 0 radical (unpaired) electrons. The van der Waals surface area contributed by atoms with Crippen molar-refractivity contribution >= 4 is 5.91 Å². The minimum Gasteiger partial charge on any atom is -0.392 e. The molecule has 2 atom stereocenters. The summed E-state index contributed by atoms with van der Waals surface area (Å²) in [5.41, 5.74) is 0. The van der Waals surface area contributed by atoms with E-state index in [9.17, 15) is 9.90 Å². The van der Waals surface area contributed by atoms with Crippen molar-refractivity contribution in [1.82, 2.24) is 10.2 Å². The molecule has 2 fully saturated rings. The molecule has 0 aromatic carbocycles. The van der Waals surface area contributed by atoms with Crippen LogP contribution in [0.5, 0.6) is 0 Å². The molecular weight excluding hydrogens is 244 g/mol. The molecule has 0 spiro atoms. The predicted molar refractivity (Wildman–Crippen MR) is 72.9 cm³/mol. The van der Waals surface area contributed by atoms with E-state index < -0.39 is 0 Å². The Kier molecular flexibility index (Phi) is 6.07. The summed E-state index contributed by atoms with van der Waals surface area (Å²) in [5, 5.41) is 13.3. The first-order valence-electron chi connectivity index (χ1n) is 7.54. The van der Waals surface area contributed by atoms with E-state index >= 15 is 0 Å². The lowest BCUT2D eigenvalue weighted by molar-refractivity contribution is -0.135. The van der Waals surface area contributed by atoms with E-state index in [0.29, 0.717) is 39.3 Å². The van der Waals surface area contributed by atoms with E-state index in [0.717, 1.165) is 19.3 Å². The zero-order chi connectivity index (χ0) is 13.5. The van der Waals surface area contributed by atoms with Gasteiger partial charge in [0.2, 0.25) is 5.91 Å². The maximum atomic E-state index is 12.0. The molecule has 2 N–H and O–H groups in total. The summed E-state index contributed by atoms with van der Waals surface area (Å²) >= 11 is 0. The quantitative estimate of drug-likeness (QED) is 0.731. The van der Waals surface area contributed by atoms with E-state index in [4.69, 9.17) is 4.74 Å². The Morgan fingerprint density at radius 2 is 1.95 bits per heavy atom. The lowest BCUT2D eigenvalue weighted by Gasteiger charge is -2.27. The number of rotatable bonds is 4. The van der Waals surface area contributed by atoms with Gasteiger partial charge in [-0.1, -0.05) is 19.3 Å². The third-order valence-electron chi connectivity index (χ3n) is 4.09. The van der Waals surface area contributed by atoms with Crippen LogP contribution >= 0.6 is 0 Å². The number of morpholine rings is 1. The second kappa shape index (κ2) is 7.82. The zero-order valence-corrected chi connectivity index (χ0v) is 11.6. The van der Waals surface area contributed by atoms with Crippen molar-refractivity contribution in [2.24, 2.45) is 0 Å². The summed E-state index contributed by atoms with van der Waals surface area (Å²) in [6, 6.07) is 0.167. The molecule has 19 heavy (non-hydrogen) atoms. The van der Waals surface area contributed by atoms with Gasteiger partial charge in [0.05, 0.1) is 19.3 Å². The van der Waals surface area contributed by atoms with Crippen molar-refractivity contribution < 1.29 is 14.6 Å². The van der Waals surface area contributed by atoms with E-state index in [1.54, 1.807) is 0 Å². The molecule has 1 heterocycles. The second-order valence-corrected chi connectivity index (χ2v) is 5.51. The molecule has 1 amide bonds. The SMILES string of the molecule is O=C(CCNC1CCCCCC1O)N1CCOCC1. The highest BCUT2D eigenvalue weighted by molar-refractivity contribution is 5.76. The predicted octanol–water partition coefficient (Wildman–Crippen LogP) is 0.519. The fourth-order valence-electron chi connectivity index (χ4n) is 2.86. The van der Waals surface area contributed by atoms with Crippen molar-refractivity contribution in [3.05, 3.63) is 0 Å². The van der Waals surface area contributed by atoms with E-state index in [1.165, 1.54) is 12.8 Å². The molecule has 0 aromatic heterocycles. The first kappa shape index (κ1) is 14.8. The minimum absolute atomic E-state index is 0.167. The van der Waals surface area contributed by atoms with Crippen molar-refractivity contribution in [2.45, 2.75) is 50.7 Å². The van der Waals surface area contributed by atoms with Gasteiger partial charge in [0.15, 0.2) is 0 Å². The Labute approximate surface area is 115 Å². The van der Waals surface area contributed by atoms with Crippen molar-refractivity contribution in [3.63, 3.8) is 0 Å². The normalized spacial score (nSPS) is 29.0. The maximum Gasteiger partial charge on any atom is 0.224 e. The Morgan fingerprint density at radius 3 is 2.74 bits per heavy atom. The molecule has 5 nitrogen and oxygen atoms in total. The monoisotopic (exact) mass is 270 g/mol. The lowest BCUT2D eigenvalue weighted by atomic mass is 10.1. The topological polar surface area (TPSA) is 61.8 Å². The van der Waals surface area contributed by atoms with Crippen molar-refractivity contribution in [1.29, 1.82) is 0 Å². The molecule has 1 aliphatic heterocycles. The molecule has 1 saturated heterocycles. The average molecular weight is 270 g/mol. The van der Waals surface area contributed by atoms with Gasteiger partial charge in [0.25, 0.3) is 0 Å². The average Bonchev–Trinajstić information content (AvgIpc) is 2.65. The number of nitrogens with zero attached hydrogens (tertiary/aromatic N) is 1. The Morgan fingerprint density at radius 1 is 1.21 bits per heavy atom. The van der Waals surface area contributed by atoms with Crippen LogP contribution in [0.4, 0.5) is 0 Å². The first-order valence-corrected chi connectivity index (χ1v) is 7.54. The van der Waals surface area contributed by atoms with Crippen LogP contribution in [0.3, 0.4) is 0 Å². The number of aliphatic hydroxyl groups is 1. The summed E-state index contributed by atoms with van der Waals surface area (Å²) in [5.74, 6) is 0.193. The van der Waals surface area contributed by atoms with Crippen LogP contribution in [0.2, 0.25) is 0 Å². The zero-order valence-electron chi connectivity index (χ0n) is 11.6. The number of aliphatic hydroxyl groups excluding tert-OH is 1. The number of hydrogen-bond donors (Lipinski definition) is 2. The summed E-state index contributed by atoms with van der Waals surface area (Å²) in [6.45, 7) is 3.40. The van der Waals surface area contributed by atoms with E-state index in [1.807, 2.05) is 4.90 Å². The van der Waals surface area contributed by atoms with Gasteiger partial charge in [-0.2, -0.15) is 0 Å². The van der Waals surface area contributed by atoms with Gasteiger partial charge < -0.3 is 20.1 Å². The molecule has 1 aliphatic carbocycles. The third kappa shape index (κ3) is 4.75. The van der Waals surface area contributed by atoms with Gasteiger partial charge in [0.1, 0.15) is 0 Å². The van der Waals surface area contributed by atoms with Gasteiger partial charge in [-0.25, -0.2) is 0 Å². The number of carbonyl (C=O) groups is 1. The number of hydrogen-bond acceptors (Lipinski definition) is 4. The lowest BCUT2D eigenvalue weighted by Crippen LogP contribution is -2.44. The number of amides is 1. The summed E-state index contributed by atoms with van der Waals surface area (Å²) in [6.07, 6.45) is 5.67. The third-order valence-corrected chi connectivity index (χ3v) is 4.09. The van der Waals surface area contributed by atoms with E-state index in [2.05, 4.69) is 5.32 Å². The molecule has 2 aliphatic rings. The minimum atomic E-state index is -0.249. The largest absolute Gasteiger partial charge is 0.392 e. The van der Waals surface area contributed by atoms with Crippen LogP contribution in [0, 0.1) is 0 Å². The Hall–Kier alpha value is -0.650. The highest BCUT2D eigenvalue weighted by Crippen LogP contribution is 2.17. The van der Waals surface area contributed by atoms with Crippen LogP contribution in [0.25, 0.3) is 0 Å². The van der Waals surface area contributed by atoms with E-state index in [-0.39, 0.29) is 18.1 Å². The van der Waals surface area contributed by atoms with Gasteiger partial charge >= 0.3 is 0 Å². The highest BCUT2D eigenvalue weighted by Gasteiger charge is 2.22. The Bertz CT molecular complexity index is 280. The smallest absolute Gasteiger partial charge is 0.224 e. The van der Waals surface area contributed by atoms with Gasteiger partial charge in [0, 0.05) is 32.1 Å². The van der Waals surface area contributed by atoms with Gasteiger partial charge in [-0.3, -0.25) is 4.79 Å². The fourth-order valence-corrected chi connectivity index (χ4v) is 2.86. The van der Waals surface area contributed by atoms with Gasteiger partial charge in [-0.05, 0) is 12.8 Å². The molecule has 0 bridgehead atoms. The Balaban J connectivity index is 1.65. The van der Waals surface area contributed by atoms with Crippen LogP contribution in [-0.4, -0.2) is 60.9 Å². The molecule has 5 heteroatoms. The van der Waals surface area contributed by atoms with Crippen molar-refractivity contribution in [3.8, 4) is 0 Å². The molecule has 110 valence electrons. The maximum absolute atomic E-state index is 12.0. The van der Waals surface area contributed by atoms with Crippen molar-refractivity contribution in [2.75, 3.05) is 32.8 Å². The van der Waals surface area contributed by atoms with Crippen LogP contribution in [0.15, 0.2) is 0 Å². The van der Waals surface area contributed by atoms with Gasteiger partial charge in [-0.15, -0.1) is 0 Å². The molecular formula is C14H26N2O3. The molecule has 2 rings (SSSR count). The molecule has 2 unspecified atom stereocenters. The van der Waals surface area contributed by atoms with Crippen LogP contribution in [0.1, 0.15) is 38.5 Å². The first-order chi connectivity index (χ1) is 9.27. The molecule has 0 aromatic rings. The van der Waals surface area contributed by atoms with Crippen LogP contribution in [-0.2, 0) is 9.53 Å². The second-order valence-electron chi connectivity index (χ2n) is 5.51. The summed E-state index contributed by atoms with van der Waals surface area (Å²) in [4.78, 5) is 13.8. The number of ether oxygens (including phenoxy) is 1. The number of carbonyl (C=O) groups excluding carboxylic acids is 1. The fraction of sp³-hybridized carbons (Fsp3) is 0.929. The number of nitrogens with one attached hydrogen (secondary N) is 1. The van der Waals surface area contributed by atoms with Crippen LogP contribution < -0.4 is 5.32 Å². The summed E-state index contributed by atoms with van der Waals surface area (Å²) < 4.78 is 5.23. The highest BCUT2D eigenvalue weighted by atomic mass is 16.5.